The lowest BCUT2D eigenvalue weighted by atomic mass is 9.86. The summed E-state index contributed by atoms with van der Waals surface area (Å²) >= 11 is 0. The maximum absolute atomic E-state index is 14.1. The number of carbonyl (C=O) groups is 3. The number of nitrogens with zero attached hydrogens (tertiary/aromatic N) is 6. The van der Waals surface area contributed by atoms with Gasteiger partial charge in [-0.2, -0.15) is 5.10 Å². The minimum Gasteiger partial charge on any atom is -0.444 e. The number of benzene rings is 1. The number of halogens is 2. The highest BCUT2D eigenvalue weighted by Gasteiger charge is 2.32. The van der Waals surface area contributed by atoms with Crippen molar-refractivity contribution in [3.05, 3.63) is 82.2 Å². The van der Waals surface area contributed by atoms with Gasteiger partial charge in [0.2, 0.25) is 17.7 Å². The molecule has 1 unspecified atom stereocenters. The van der Waals surface area contributed by atoms with Gasteiger partial charge in [-0.3, -0.25) is 33.9 Å². The number of rotatable bonds is 21. The van der Waals surface area contributed by atoms with Gasteiger partial charge >= 0.3 is 5.76 Å². The number of aromatic nitrogens is 5. The number of nitrogens with one attached hydrogen (secondary N) is 2. The van der Waals surface area contributed by atoms with E-state index in [1.165, 1.54) is 29.9 Å². The molecular formula is C45H54F2N8O8. The molecule has 8 rings (SSSR count). The van der Waals surface area contributed by atoms with Crippen LogP contribution in [0.15, 0.2) is 62.6 Å². The Labute approximate surface area is 362 Å². The molecule has 0 bridgehead atoms. The predicted molar refractivity (Wildman–Crippen MR) is 226 cm³/mol. The van der Waals surface area contributed by atoms with Crippen molar-refractivity contribution >= 4 is 34.5 Å². The molecule has 1 saturated heterocycles. The SMILES string of the molecule is CN(CCOCCOCCCc1ccc2c(c1)oc(=O)n2C1CCC(=O)NC1=O)CC1CCC(n2cc(NC(=O)c3coc(-c4ccnc(CCC5CC5)c4)n3)c(C(F)F)n2)CC1. The average molecular weight is 873 g/mol. The molecule has 5 heterocycles. The Hall–Kier alpha value is -5.59. The summed E-state index contributed by atoms with van der Waals surface area (Å²) in [6.45, 7) is 3.72. The Morgan fingerprint density at radius 2 is 1.78 bits per heavy atom. The summed E-state index contributed by atoms with van der Waals surface area (Å²) in [5.74, 6) is -0.615. The normalized spacial score (nSPS) is 19.3. The van der Waals surface area contributed by atoms with Gasteiger partial charge in [-0.15, -0.1) is 0 Å². The molecule has 63 heavy (non-hydrogen) atoms. The van der Waals surface area contributed by atoms with E-state index in [1.54, 1.807) is 29.1 Å². The fourth-order valence-electron chi connectivity index (χ4n) is 8.56. The largest absolute Gasteiger partial charge is 0.444 e. The third kappa shape index (κ3) is 11.3. The number of hydrogen-bond donors (Lipinski definition) is 2. The second-order valence-electron chi connectivity index (χ2n) is 17.0. The molecule has 3 amide bonds. The van der Waals surface area contributed by atoms with E-state index in [0.717, 1.165) is 81.6 Å². The van der Waals surface area contributed by atoms with Crippen molar-refractivity contribution in [1.29, 1.82) is 0 Å². The van der Waals surface area contributed by atoms with Crippen LogP contribution in [0.3, 0.4) is 0 Å². The molecule has 2 aliphatic carbocycles. The molecule has 1 atom stereocenters. The van der Waals surface area contributed by atoms with Crippen LogP contribution >= 0.6 is 0 Å². The topological polar surface area (TPSA) is 189 Å². The summed E-state index contributed by atoms with van der Waals surface area (Å²) in [5, 5.41) is 9.10. The second kappa shape index (κ2) is 20.3. The highest BCUT2D eigenvalue weighted by molar-refractivity contribution is 6.03. The van der Waals surface area contributed by atoms with Crippen molar-refractivity contribution in [3.8, 4) is 11.5 Å². The van der Waals surface area contributed by atoms with Gasteiger partial charge in [-0.25, -0.2) is 18.6 Å². The number of pyridine rings is 1. The van der Waals surface area contributed by atoms with Crippen molar-refractivity contribution in [2.45, 2.75) is 95.6 Å². The summed E-state index contributed by atoms with van der Waals surface area (Å²) in [6.07, 6.45) is 11.4. The van der Waals surface area contributed by atoms with E-state index in [9.17, 15) is 28.0 Å². The van der Waals surface area contributed by atoms with Gasteiger partial charge in [0, 0.05) is 49.8 Å². The third-order valence-corrected chi connectivity index (χ3v) is 12.2. The predicted octanol–water partition coefficient (Wildman–Crippen LogP) is 6.68. The van der Waals surface area contributed by atoms with E-state index < -0.39 is 35.7 Å². The summed E-state index contributed by atoms with van der Waals surface area (Å²) in [7, 11) is 2.07. The molecule has 0 radical (unpaired) electrons. The number of alkyl halides is 2. The molecule has 18 heteroatoms. The molecule has 2 saturated carbocycles. The van der Waals surface area contributed by atoms with Gasteiger partial charge in [-0.1, -0.05) is 18.9 Å². The van der Waals surface area contributed by atoms with Crippen LogP contribution in [0, 0.1) is 11.8 Å². The summed E-state index contributed by atoms with van der Waals surface area (Å²) in [5.41, 5.74) is 3.02. The smallest absolute Gasteiger partial charge is 0.420 e. The lowest BCUT2D eigenvalue weighted by Gasteiger charge is -2.31. The number of carbonyl (C=O) groups excluding carboxylic acids is 3. The van der Waals surface area contributed by atoms with Crippen LogP contribution in [0.4, 0.5) is 14.5 Å². The quantitative estimate of drug-likeness (QED) is 0.0589. The molecule has 16 nitrogen and oxygen atoms in total. The van der Waals surface area contributed by atoms with Crippen molar-refractivity contribution in [1.82, 2.24) is 34.5 Å². The standard InChI is InChI=1S/C45H54F2N8O8/c1-53(18-20-61-22-21-60-19-2-3-29-9-13-36-38(23-29)63-45(59)55(36)37-14-15-39(56)51-43(37)58)25-30-7-11-33(12-8-30)54-26-34(40(52-54)41(46)47)49-42(57)35-27-62-44(50-35)31-16-17-48-32(24-31)10-6-28-4-5-28/h9,13,16-17,23-24,26-28,30,33,37,41H,2-8,10-12,14-15,18-22,25H2,1H3,(H,49,57)(H,51,56,58). The molecule has 336 valence electrons. The number of oxazole rings is 2. The number of anilines is 1. The zero-order valence-electron chi connectivity index (χ0n) is 35.4. The first-order chi connectivity index (χ1) is 30.6. The maximum Gasteiger partial charge on any atom is 0.420 e. The third-order valence-electron chi connectivity index (χ3n) is 12.2. The number of amides is 3. The molecular weight excluding hydrogens is 819 g/mol. The molecule has 3 aliphatic rings. The van der Waals surface area contributed by atoms with E-state index >= 15 is 0 Å². The van der Waals surface area contributed by atoms with Gasteiger partial charge in [0.1, 0.15) is 12.3 Å². The Morgan fingerprint density at radius 3 is 2.56 bits per heavy atom. The number of aryl methyl sites for hydroxylation is 2. The summed E-state index contributed by atoms with van der Waals surface area (Å²) < 4.78 is 53.7. The number of fused-ring (bicyclic) bond motifs is 1. The van der Waals surface area contributed by atoms with E-state index in [0.29, 0.717) is 49.0 Å². The van der Waals surface area contributed by atoms with Gasteiger partial charge in [0.25, 0.3) is 12.3 Å². The fourth-order valence-corrected chi connectivity index (χ4v) is 8.56. The van der Waals surface area contributed by atoms with Gasteiger partial charge in [-0.05, 0) is 106 Å². The van der Waals surface area contributed by atoms with Gasteiger partial charge < -0.3 is 28.5 Å². The highest BCUT2D eigenvalue weighted by atomic mass is 19.3. The van der Waals surface area contributed by atoms with Crippen molar-refractivity contribution < 1.29 is 41.5 Å². The minimum absolute atomic E-state index is 0.0150. The van der Waals surface area contributed by atoms with Crippen LogP contribution in [0.1, 0.15) is 110 Å². The average Bonchev–Trinajstić information content (AvgIpc) is 3.63. The van der Waals surface area contributed by atoms with Crippen LogP contribution in [0.2, 0.25) is 0 Å². The van der Waals surface area contributed by atoms with Crippen LogP contribution in [0.5, 0.6) is 0 Å². The van der Waals surface area contributed by atoms with E-state index in [1.807, 2.05) is 12.1 Å². The first-order valence-electron chi connectivity index (χ1n) is 22.0. The van der Waals surface area contributed by atoms with Gasteiger partial charge in [0.15, 0.2) is 17.0 Å². The Morgan fingerprint density at radius 1 is 0.984 bits per heavy atom. The Kier molecular flexibility index (Phi) is 14.2. The van der Waals surface area contributed by atoms with Crippen molar-refractivity contribution in [2.75, 3.05) is 51.9 Å². The number of ether oxygens (including phenoxy) is 2. The van der Waals surface area contributed by atoms with Crippen LogP contribution < -0.4 is 16.4 Å². The first kappa shape index (κ1) is 44.0. The number of imide groups is 1. The van der Waals surface area contributed by atoms with Crippen LogP contribution in [0.25, 0.3) is 22.6 Å². The number of piperidine rings is 1. The van der Waals surface area contributed by atoms with E-state index in [2.05, 4.69) is 37.6 Å². The lowest BCUT2D eigenvalue weighted by Crippen LogP contribution is -2.43. The highest BCUT2D eigenvalue weighted by Crippen LogP contribution is 2.36. The Bertz CT molecular complexity index is 2430. The molecule has 1 aromatic carbocycles. The van der Waals surface area contributed by atoms with Crippen LogP contribution in [-0.4, -0.2) is 93.5 Å². The number of hydrogen-bond acceptors (Lipinski definition) is 12. The van der Waals surface area contributed by atoms with E-state index in [-0.39, 0.29) is 42.1 Å². The molecule has 3 fully saturated rings. The molecule has 4 aromatic heterocycles. The first-order valence-corrected chi connectivity index (χ1v) is 22.0. The molecule has 1 aliphatic heterocycles. The molecule has 0 spiro atoms. The lowest BCUT2D eigenvalue weighted by molar-refractivity contribution is -0.135. The zero-order chi connectivity index (χ0) is 43.9. The monoisotopic (exact) mass is 872 g/mol. The molecule has 2 N–H and O–H groups in total. The molecule has 5 aromatic rings. The Balaban J connectivity index is 0.705. The number of likely N-dealkylation sites (N-methyl/N-ethyl adjacent to an activating group) is 1. The fraction of sp³-hybridized carbons (Fsp3) is 0.533. The van der Waals surface area contributed by atoms with Crippen LogP contribution in [-0.2, 0) is 31.9 Å². The van der Waals surface area contributed by atoms with Crippen molar-refractivity contribution in [2.24, 2.45) is 11.8 Å². The maximum atomic E-state index is 14.1. The van der Waals surface area contributed by atoms with Gasteiger partial charge in [0.05, 0.1) is 37.1 Å². The van der Waals surface area contributed by atoms with Crippen molar-refractivity contribution in [3.63, 3.8) is 0 Å². The summed E-state index contributed by atoms with van der Waals surface area (Å²) in [6, 6.07) is 8.33. The van der Waals surface area contributed by atoms with E-state index in [4.69, 9.17) is 18.3 Å². The summed E-state index contributed by atoms with van der Waals surface area (Å²) in [4.78, 5) is 60.6. The zero-order valence-corrected chi connectivity index (χ0v) is 35.4. The second-order valence-corrected chi connectivity index (χ2v) is 17.0. The minimum atomic E-state index is -2.87.